The molecule has 11 heteroatoms. The standard InChI is InChI=1S/C26H22F3N3O4S/c1-26(8-9-37(34,35)15-26)31-24(33)16-2-7-21-22(17-10-20(13-30-12-17)36-25(28)29)14-32(23(21)11-16)19-5-3-18(27)4-6-19/h2-7,10-14,25H,8-9,15H2,1H3,(H,31,33). The molecule has 0 saturated carbocycles. The van der Waals surface area contributed by atoms with Crippen molar-refractivity contribution in [1.29, 1.82) is 0 Å². The maximum absolute atomic E-state index is 13.6. The highest BCUT2D eigenvalue weighted by Crippen LogP contribution is 2.35. The van der Waals surface area contributed by atoms with Gasteiger partial charge in [-0.05, 0) is 55.8 Å². The molecule has 0 bridgehead atoms. The van der Waals surface area contributed by atoms with Crippen molar-refractivity contribution >= 4 is 26.6 Å². The van der Waals surface area contributed by atoms with Crippen molar-refractivity contribution in [2.75, 3.05) is 11.5 Å². The summed E-state index contributed by atoms with van der Waals surface area (Å²) in [7, 11) is -3.21. The van der Waals surface area contributed by atoms with Gasteiger partial charge in [0.25, 0.3) is 5.91 Å². The summed E-state index contributed by atoms with van der Waals surface area (Å²) in [5.41, 5.74) is 1.78. The molecule has 2 aromatic carbocycles. The molecule has 0 radical (unpaired) electrons. The van der Waals surface area contributed by atoms with Gasteiger partial charge < -0.3 is 14.6 Å². The summed E-state index contributed by atoms with van der Waals surface area (Å²) in [5.74, 6) is -1.06. The maximum atomic E-state index is 13.6. The Morgan fingerprint density at radius 1 is 1.14 bits per heavy atom. The molecule has 3 heterocycles. The van der Waals surface area contributed by atoms with Gasteiger partial charge in [0.15, 0.2) is 9.84 Å². The van der Waals surface area contributed by atoms with Crippen molar-refractivity contribution in [3.63, 3.8) is 0 Å². The van der Waals surface area contributed by atoms with Crippen LogP contribution in [-0.4, -0.2) is 47.5 Å². The van der Waals surface area contributed by atoms with Gasteiger partial charge in [-0.1, -0.05) is 6.07 Å². The Hall–Kier alpha value is -3.86. The molecule has 7 nitrogen and oxygen atoms in total. The first-order valence-electron chi connectivity index (χ1n) is 11.4. The summed E-state index contributed by atoms with van der Waals surface area (Å²) in [6, 6.07) is 12.2. The van der Waals surface area contributed by atoms with Gasteiger partial charge in [0.05, 0.1) is 28.8 Å². The van der Waals surface area contributed by atoms with E-state index in [1.54, 1.807) is 48.0 Å². The molecule has 1 N–H and O–H groups in total. The number of ether oxygens (including phenoxy) is 1. The monoisotopic (exact) mass is 529 g/mol. The molecule has 0 aliphatic carbocycles. The highest BCUT2D eigenvalue weighted by Gasteiger charge is 2.39. The van der Waals surface area contributed by atoms with Gasteiger partial charge in [0.1, 0.15) is 11.6 Å². The zero-order valence-electron chi connectivity index (χ0n) is 19.6. The maximum Gasteiger partial charge on any atom is 0.387 e. The van der Waals surface area contributed by atoms with Gasteiger partial charge in [-0.25, -0.2) is 12.8 Å². The van der Waals surface area contributed by atoms with E-state index in [4.69, 9.17) is 0 Å². The van der Waals surface area contributed by atoms with E-state index in [9.17, 15) is 26.4 Å². The number of fused-ring (bicyclic) bond motifs is 1. The Morgan fingerprint density at radius 3 is 2.57 bits per heavy atom. The molecule has 1 unspecified atom stereocenters. The molecule has 1 aliphatic rings. The van der Waals surface area contributed by atoms with E-state index in [0.29, 0.717) is 39.7 Å². The number of carbonyl (C=O) groups excluding carboxylic acids is 1. The van der Waals surface area contributed by atoms with Gasteiger partial charge in [0, 0.05) is 40.2 Å². The number of halogens is 3. The summed E-state index contributed by atoms with van der Waals surface area (Å²) in [6.07, 6.45) is 4.75. The largest absolute Gasteiger partial charge is 0.433 e. The van der Waals surface area contributed by atoms with Gasteiger partial charge >= 0.3 is 6.61 Å². The fourth-order valence-electron chi connectivity index (χ4n) is 4.60. The normalized spacial score (nSPS) is 18.8. The van der Waals surface area contributed by atoms with Crippen LogP contribution in [0, 0.1) is 5.82 Å². The minimum atomic E-state index is -3.21. The molecule has 1 amide bonds. The second kappa shape index (κ2) is 9.22. The lowest BCUT2D eigenvalue weighted by Crippen LogP contribution is -2.46. The quantitative estimate of drug-likeness (QED) is 0.390. The first-order valence-corrected chi connectivity index (χ1v) is 13.2. The molecule has 37 heavy (non-hydrogen) atoms. The Morgan fingerprint density at radius 2 is 1.89 bits per heavy atom. The lowest BCUT2D eigenvalue weighted by molar-refractivity contribution is -0.0500. The molecule has 4 aromatic rings. The van der Waals surface area contributed by atoms with E-state index >= 15 is 0 Å². The predicted octanol–water partition coefficient (Wildman–Crippen LogP) is 4.74. The highest BCUT2D eigenvalue weighted by molar-refractivity contribution is 7.91. The van der Waals surface area contributed by atoms with Gasteiger partial charge in [-0.15, -0.1) is 0 Å². The van der Waals surface area contributed by atoms with Gasteiger partial charge in [-0.2, -0.15) is 8.78 Å². The van der Waals surface area contributed by atoms with Crippen LogP contribution in [-0.2, 0) is 9.84 Å². The molecule has 1 aliphatic heterocycles. The molecule has 1 fully saturated rings. The molecular weight excluding hydrogens is 507 g/mol. The predicted molar refractivity (Wildman–Crippen MR) is 132 cm³/mol. The van der Waals surface area contributed by atoms with Crippen molar-refractivity contribution in [3.05, 3.63) is 78.5 Å². The van der Waals surface area contributed by atoms with E-state index in [0.717, 1.165) is 0 Å². The number of nitrogens with zero attached hydrogens (tertiary/aromatic N) is 2. The van der Waals surface area contributed by atoms with Gasteiger partial charge in [0.2, 0.25) is 0 Å². The van der Waals surface area contributed by atoms with Crippen LogP contribution >= 0.6 is 0 Å². The van der Waals surface area contributed by atoms with Crippen LogP contribution in [0.25, 0.3) is 27.7 Å². The van der Waals surface area contributed by atoms with E-state index in [1.807, 2.05) is 0 Å². The molecule has 2 aromatic heterocycles. The number of rotatable bonds is 6. The summed E-state index contributed by atoms with van der Waals surface area (Å²) in [5, 5.41) is 3.53. The van der Waals surface area contributed by atoms with Crippen LogP contribution in [0.4, 0.5) is 13.2 Å². The first-order chi connectivity index (χ1) is 17.5. The minimum absolute atomic E-state index is 0.0158. The Labute approximate surface area is 210 Å². The van der Waals surface area contributed by atoms with Crippen molar-refractivity contribution < 1.29 is 31.1 Å². The fourth-order valence-corrected chi connectivity index (χ4v) is 6.70. The second-order valence-corrected chi connectivity index (χ2v) is 11.4. The third-order valence-electron chi connectivity index (χ3n) is 6.34. The second-order valence-electron chi connectivity index (χ2n) is 9.27. The van der Waals surface area contributed by atoms with Crippen LogP contribution in [0.5, 0.6) is 5.75 Å². The van der Waals surface area contributed by atoms with Crippen molar-refractivity contribution in [3.8, 4) is 22.6 Å². The summed E-state index contributed by atoms with van der Waals surface area (Å²) < 4.78 is 69.2. The van der Waals surface area contributed by atoms with Crippen molar-refractivity contribution in [2.45, 2.75) is 25.5 Å². The van der Waals surface area contributed by atoms with Crippen molar-refractivity contribution in [2.24, 2.45) is 0 Å². The lowest BCUT2D eigenvalue weighted by Gasteiger charge is -2.24. The van der Waals surface area contributed by atoms with E-state index < -0.39 is 33.7 Å². The van der Waals surface area contributed by atoms with Crippen LogP contribution < -0.4 is 10.1 Å². The minimum Gasteiger partial charge on any atom is -0.433 e. The number of nitrogens with one attached hydrogen (secondary N) is 1. The number of aromatic nitrogens is 2. The molecular formula is C26H22F3N3O4S. The van der Waals surface area contributed by atoms with Crippen LogP contribution in [0.15, 0.2) is 67.1 Å². The topological polar surface area (TPSA) is 90.3 Å². The number of amides is 1. The number of sulfone groups is 1. The molecule has 192 valence electrons. The fraction of sp³-hybridized carbons (Fsp3) is 0.231. The highest BCUT2D eigenvalue weighted by atomic mass is 32.2. The van der Waals surface area contributed by atoms with Crippen LogP contribution in [0.3, 0.4) is 0 Å². The number of carbonyl (C=O) groups is 1. The summed E-state index contributed by atoms with van der Waals surface area (Å²) >= 11 is 0. The average Bonchev–Trinajstić information content (AvgIpc) is 3.35. The molecule has 1 atom stereocenters. The third kappa shape index (κ3) is 5.17. The number of pyridine rings is 1. The Kier molecular flexibility index (Phi) is 6.18. The summed E-state index contributed by atoms with van der Waals surface area (Å²) in [4.78, 5) is 17.1. The summed E-state index contributed by atoms with van der Waals surface area (Å²) in [6.45, 7) is -1.30. The molecule has 1 saturated heterocycles. The number of hydrogen-bond donors (Lipinski definition) is 1. The van der Waals surface area contributed by atoms with Gasteiger partial charge in [-0.3, -0.25) is 9.78 Å². The van der Waals surface area contributed by atoms with E-state index in [-0.39, 0.29) is 17.3 Å². The first kappa shape index (κ1) is 24.8. The third-order valence-corrected chi connectivity index (χ3v) is 8.24. The van der Waals surface area contributed by atoms with E-state index in [1.165, 1.54) is 30.6 Å². The average molecular weight is 530 g/mol. The van der Waals surface area contributed by atoms with Crippen LogP contribution in [0.2, 0.25) is 0 Å². The van der Waals surface area contributed by atoms with Crippen LogP contribution in [0.1, 0.15) is 23.7 Å². The van der Waals surface area contributed by atoms with Crippen molar-refractivity contribution in [1.82, 2.24) is 14.9 Å². The Bertz CT molecular complexity index is 1600. The molecule has 5 rings (SSSR count). The van der Waals surface area contributed by atoms with E-state index in [2.05, 4.69) is 15.0 Å². The zero-order valence-corrected chi connectivity index (χ0v) is 20.4. The number of hydrogen-bond acceptors (Lipinski definition) is 5. The molecule has 0 spiro atoms. The zero-order chi connectivity index (χ0) is 26.4. The lowest BCUT2D eigenvalue weighted by atomic mass is 10.0. The number of alkyl halides is 2. The smallest absolute Gasteiger partial charge is 0.387 e. The SMILES string of the molecule is CC1(NC(=O)c2ccc3c(-c4cncc(OC(F)F)c4)cn(-c4ccc(F)cc4)c3c2)CCS(=O)(=O)C1. The Balaban J connectivity index is 1.59. The number of benzene rings is 2.